The Kier molecular flexibility index (Phi) is 5.89. The fourth-order valence-electron chi connectivity index (χ4n) is 3.90. The number of ether oxygens (including phenoxy) is 1. The number of anilines is 1. The maximum Gasteiger partial charge on any atom is 0.328 e. The quantitative estimate of drug-likeness (QED) is 0.763. The Morgan fingerprint density at radius 1 is 1.16 bits per heavy atom. The van der Waals surface area contributed by atoms with Gasteiger partial charge in [-0.1, -0.05) is 6.07 Å². The van der Waals surface area contributed by atoms with Gasteiger partial charge >= 0.3 is 12.0 Å². The van der Waals surface area contributed by atoms with E-state index in [9.17, 15) is 9.59 Å². The van der Waals surface area contributed by atoms with Crippen LogP contribution in [0.5, 0.6) is 0 Å². The molecule has 0 aromatic heterocycles. The van der Waals surface area contributed by atoms with Gasteiger partial charge in [0.05, 0.1) is 7.11 Å². The van der Waals surface area contributed by atoms with Gasteiger partial charge in [0.25, 0.3) is 0 Å². The highest BCUT2D eigenvalue weighted by Gasteiger charge is 2.26. The van der Waals surface area contributed by atoms with E-state index in [0.717, 1.165) is 50.0 Å². The molecule has 5 nitrogen and oxygen atoms in total. The topological polar surface area (TPSA) is 67.4 Å². The van der Waals surface area contributed by atoms with Crippen LogP contribution in [-0.4, -0.2) is 37.2 Å². The number of hydrogen-bond acceptors (Lipinski definition) is 4. The van der Waals surface area contributed by atoms with Crippen molar-refractivity contribution in [3.8, 4) is 0 Å². The van der Waals surface area contributed by atoms with E-state index in [1.165, 1.54) is 29.4 Å². The van der Waals surface area contributed by atoms with E-state index in [0.29, 0.717) is 6.42 Å². The van der Waals surface area contributed by atoms with Crippen molar-refractivity contribution in [2.75, 3.05) is 24.4 Å². The van der Waals surface area contributed by atoms with Crippen LogP contribution in [0.3, 0.4) is 0 Å². The molecule has 3 rings (SSSR count). The van der Waals surface area contributed by atoms with Crippen LogP contribution >= 0.6 is 11.8 Å². The van der Waals surface area contributed by atoms with Gasteiger partial charge in [0.2, 0.25) is 0 Å². The first-order valence-electron chi connectivity index (χ1n) is 8.94. The largest absolute Gasteiger partial charge is 0.467 e. The molecule has 1 aromatic carbocycles. The highest BCUT2D eigenvalue weighted by molar-refractivity contribution is 7.98. The summed E-state index contributed by atoms with van der Waals surface area (Å²) in [4.78, 5) is 24.5. The minimum absolute atomic E-state index is 0.314. The fraction of sp³-hybridized carbons (Fsp3) is 0.579. The summed E-state index contributed by atoms with van der Waals surface area (Å²) < 4.78 is 4.82. The summed E-state index contributed by atoms with van der Waals surface area (Å²) in [5.41, 5.74) is 6.32. The highest BCUT2D eigenvalue weighted by Crippen LogP contribution is 2.38. The molecular weight excluding hydrogens is 336 g/mol. The van der Waals surface area contributed by atoms with Crippen LogP contribution in [0.2, 0.25) is 0 Å². The third-order valence-electron chi connectivity index (χ3n) is 5.11. The summed E-state index contributed by atoms with van der Waals surface area (Å²) in [6.07, 6.45) is 9.06. The molecule has 0 bridgehead atoms. The van der Waals surface area contributed by atoms with Crippen LogP contribution in [0, 0.1) is 0 Å². The van der Waals surface area contributed by atoms with E-state index >= 15 is 0 Å². The van der Waals surface area contributed by atoms with Gasteiger partial charge in [0.1, 0.15) is 6.04 Å². The van der Waals surface area contributed by atoms with Crippen LogP contribution in [0.25, 0.3) is 0 Å². The Morgan fingerprint density at radius 3 is 2.36 bits per heavy atom. The number of amides is 2. The number of hydrogen-bond donors (Lipinski definition) is 2. The number of benzene rings is 1. The van der Waals surface area contributed by atoms with E-state index in [4.69, 9.17) is 4.74 Å². The first kappa shape index (κ1) is 18.1. The maximum atomic E-state index is 12.6. The van der Waals surface area contributed by atoms with Crippen molar-refractivity contribution in [1.82, 2.24) is 5.32 Å². The molecule has 0 spiro atoms. The van der Waals surface area contributed by atoms with Gasteiger partial charge < -0.3 is 15.4 Å². The molecule has 0 aliphatic heterocycles. The molecule has 2 aliphatic carbocycles. The molecule has 0 heterocycles. The van der Waals surface area contributed by atoms with E-state index in [1.54, 1.807) is 11.8 Å². The fourth-order valence-corrected chi connectivity index (χ4v) is 4.37. The number of methoxy groups -OCH3 is 1. The van der Waals surface area contributed by atoms with Gasteiger partial charge in [-0.05, 0) is 79.2 Å². The predicted molar refractivity (Wildman–Crippen MR) is 101 cm³/mol. The summed E-state index contributed by atoms with van der Waals surface area (Å²) in [6.45, 7) is 0. The van der Waals surface area contributed by atoms with Gasteiger partial charge in [-0.25, -0.2) is 9.59 Å². The number of urea groups is 1. The SMILES string of the molecule is COC(=O)C(CCSC)NC(=O)Nc1c2c(cc3c1CCC3)CCC2. The van der Waals surface area contributed by atoms with E-state index in [-0.39, 0.29) is 6.03 Å². The number of rotatable bonds is 6. The van der Waals surface area contributed by atoms with Crippen LogP contribution in [0.1, 0.15) is 41.5 Å². The normalized spacial score (nSPS) is 16.1. The predicted octanol–water partition coefficient (Wildman–Crippen LogP) is 3.08. The van der Waals surface area contributed by atoms with Crippen molar-refractivity contribution < 1.29 is 14.3 Å². The molecule has 136 valence electrons. The lowest BCUT2D eigenvalue weighted by Gasteiger charge is -2.19. The molecule has 0 fully saturated rings. The molecule has 0 radical (unpaired) electrons. The maximum absolute atomic E-state index is 12.6. The molecule has 0 saturated heterocycles. The third-order valence-corrected chi connectivity index (χ3v) is 5.76. The zero-order valence-corrected chi connectivity index (χ0v) is 15.8. The number of thioether (sulfide) groups is 1. The van der Waals surface area contributed by atoms with Crippen LogP contribution in [0.15, 0.2) is 6.07 Å². The number of esters is 1. The summed E-state index contributed by atoms with van der Waals surface area (Å²) >= 11 is 1.64. The first-order chi connectivity index (χ1) is 12.1. The van der Waals surface area contributed by atoms with E-state index in [1.807, 2.05) is 6.26 Å². The second-order valence-corrected chi connectivity index (χ2v) is 7.68. The minimum atomic E-state index is -0.609. The minimum Gasteiger partial charge on any atom is -0.467 e. The molecule has 2 amide bonds. The van der Waals surface area contributed by atoms with Gasteiger partial charge in [-0.3, -0.25) is 0 Å². The molecule has 6 heteroatoms. The lowest BCUT2D eigenvalue weighted by atomic mass is 9.99. The van der Waals surface area contributed by atoms with Crippen molar-refractivity contribution in [2.45, 2.75) is 51.0 Å². The van der Waals surface area contributed by atoms with Crippen molar-refractivity contribution in [2.24, 2.45) is 0 Å². The number of aryl methyl sites for hydroxylation is 2. The van der Waals surface area contributed by atoms with Gasteiger partial charge in [-0.2, -0.15) is 11.8 Å². The number of nitrogens with one attached hydrogen (secondary N) is 2. The van der Waals surface area contributed by atoms with Crippen molar-refractivity contribution in [3.05, 3.63) is 28.3 Å². The van der Waals surface area contributed by atoms with Gasteiger partial charge in [0, 0.05) is 5.69 Å². The second kappa shape index (κ2) is 8.13. The Hall–Kier alpha value is -1.69. The molecule has 25 heavy (non-hydrogen) atoms. The summed E-state index contributed by atoms with van der Waals surface area (Å²) in [5.74, 6) is 0.392. The van der Waals surface area contributed by atoms with E-state index < -0.39 is 12.0 Å². The van der Waals surface area contributed by atoms with E-state index in [2.05, 4.69) is 16.7 Å². The molecule has 0 saturated carbocycles. The van der Waals surface area contributed by atoms with Crippen LogP contribution < -0.4 is 10.6 Å². The van der Waals surface area contributed by atoms with Crippen molar-refractivity contribution >= 4 is 29.4 Å². The highest BCUT2D eigenvalue weighted by atomic mass is 32.2. The molecule has 1 unspecified atom stereocenters. The molecule has 2 aliphatic rings. The van der Waals surface area contributed by atoms with Crippen LogP contribution in [0.4, 0.5) is 10.5 Å². The Balaban J connectivity index is 1.76. The number of carbonyl (C=O) groups is 2. The van der Waals surface area contributed by atoms with Crippen molar-refractivity contribution in [1.29, 1.82) is 0 Å². The number of fused-ring (bicyclic) bond motifs is 2. The molecule has 2 N–H and O–H groups in total. The smallest absolute Gasteiger partial charge is 0.328 e. The Morgan fingerprint density at radius 2 is 1.80 bits per heavy atom. The number of carbonyl (C=O) groups excluding carboxylic acids is 2. The average Bonchev–Trinajstić information content (AvgIpc) is 3.26. The van der Waals surface area contributed by atoms with Crippen molar-refractivity contribution in [3.63, 3.8) is 0 Å². The zero-order valence-electron chi connectivity index (χ0n) is 14.9. The third kappa shape index (κ3) is 3.94. The first-order valence-corrected chi connectivity index (χ1v) is 10.3. The van der Waals surface area contributed by atoms with Gasteiger partial charge in [0.15, 0.2) is 0 Å². The Bertz CT molecular complexity index is 643. The average molecular weight is 362 g/mol. The molecule has 1 aromatic rings. The summed E-state index contributed by atoms with van der Waals surface area (Å²) in [7, 11) is 1.35. The zero-order chi connectivity index (χ0) is 17.8. The second-order valence-electron chi connectivity index (χ2n) is 6.69. The monoisotopic (exact) mass is 362 g/mol. The lowest BCUT2D eigenvalue weighted by molar-refractivity contribution is -0.142. The molecule has 1 atom stereocenters. The molecular formula is C19H26N2O3S. The summed E-state index contributed by atoms with van der Waals surface area (Å²) in [5, 5.41) is 5.86. The Labute approximate surface area is 153 Å². The van der Waals surface area contributed by atoms with Crippen LogP contribution in [-0.2, 0) is 35.2 Å². The summed E-state index contributed by atoms with van der Waals surface area (Å²) in [6, 6.07) is 1.41. The van der Waals surface area contributed by atoms with Gasteiger partial charge in [-0.15, -0.1) is 0 Å². The lowest BCUT2D eigenvalue weighted by Crippen LogP contribution is -2.44. The standard InChI is InChI=1S/C19H26N2O3S/c1-24-18(22)16(9-10-25-2)20-19(23)21-17-14-7-3-5-12(14)11-13-6-4-8-15(13)17/h11,16H,3-10H2,1-2H3,(H2,20,21,23).